The maximum absolute atomic E-state index is 13.1. The van der Waals surface area contributed by atoms with Gasteiger partial charge in [-0.15, -0.1) is 0 Å². The van der Waals surface area contributed by atoms with Crippen LogP contribution in [-0.4, -0.2) is 39.1 Å². The fraction of sp³-hybridized carbons (Fsp3) is 0.632. The van der Waals surface area contributed by atoms with E-state index in [9.17, 15) is 13.2 Å². The molecule has 1 saturated heterocycles. The molecule has 7 nitrogen and oxygen atoms in total. The summed E-state index contributed by atoms with van der Waals surface area (Å²) in [6.45, 7) is 4.98. The highest BCUT2D eigenvalue weighted by atomic mass is 32.2. The van der Waals surface area contributed by atoms with E-state index < -0.39 is 10.0 Å². The summed E-state index contributed by atoms with van der Waals surface area (Å²) in [7, 11) is -3.90. The minimum absolute atomic E-state index is 0.00701. The molecule has 2 heterocycles. The van der Waals surface area contributed by atoms with Crippen molar-refractivity contribution in [3.8, 4) is 5.75 Å². The molecule has 0 saturated carbocycles. The zero-order chi connectivity index (χ0) is 19.6. The minimum atomic E-state index is -3.90. The van der Waals surface area contributed by atoms with E-state index in [0.717, 1.165) is 38.6 Å². The van der Waals surface area contributed by atoms with Crippen molar-refractivity contribution in [1.29, 1.82) is 0 Å². The average molecular weight is 396 g/mol. The molecule has 3 atom stereocenters. The van der Waals surface area contributed by atoms with Gasteiger partial charge < -0.3 is 15.4 Å². The summed E-state index contributed by atoms with van der Waals surface area (Å²) in [4.78, 5) is 13.0. The number of sulfonamides is 1. The van der Waals surface area contributed by atoms with Crippen LogP contribution in [0.4, 0.5) is 0 Å². The van der Waals surface area contributed by atoms with Gasteiger partial charge in [0.25, 0.3) is 5.91 Å². The molecule has 1 amide bonds. The Kier molecular flexibility index (Phi) is 6.08. The van der Waals surface area contributed by atoms with Crippen molar-refractivity contribution in [3.05, 3.63) is 23.3 Å². The third-order valence-corrected chi connectivity index (χ3v) is 6.20. The van der Waals surface area contributed by atoms with E-state index in [0.29, 0.717) is 17.7 Å². The fourth-order valence-electron chi connectivity index (χ4n) is 3.94. The first-order chi connectivity index (χ1) is 12.8. The van der Waals surface area contributed by atoms with Crippen LogP contribution in [0.2, 0.25) is 0 Å². The molecule has 1 fully saturated rings. The molecule has 8 heteroatoms. The lowest BCUT2D eigenvalue weighted by molar-refractivity contribution is 0.0921. The molecule has 150 valence electrons. The zero-order valence-corrected chi connectivity index (χ0v) is 16.8. The Labute approximate surface area is 161 Å². The first-order valence-corrected chi connectivity index (χ1v) is 11.2. The lowest BCUT2D eigenvalue weighted by Gasteiger charge is -2.25. The van der Waals surface area contributed by atoms with Crippen LogP contribution in [0.1, 0.15) is 61.9 Å². The first-order valence-electron chi connectivity index (χ1n) is 9.70. The number of unbranched alkanes of at least 4 members (excludes halogenated alkanes) is 1. The number of fused-ring (bicyclic) bond motifs is 1. The standard InChI is InChI=1S/C19H29N3O4S/c1-3-4-6-17(16-7-5-8-21-16)22-19(23)15-11-14(27(20,24)25)10-13-9-12(2)26-18(13)15/h10-12,16-17,21H,3-9H2,1-2H3,(H,22,23)(H2,20,24,25). The van der Waals surface area contributed by atoms with Crippen molar-refractivity contribution >= 4 is 15.9 Å². The number of benzene rings is 1. The molecule has 0 aliphatic carbocycles. The maximum Gasteiger partial charge on any atom is 0.255 e. The SMILES string of the molecule is CCCCC(NC(=O)c1cc(S(N)(=O)=O)cc2c1OC(C)C2)C1CCCN1. The predicted octanol–water partition coefficient (Wildman–Crippen LogP) is 1.70. The second-order valence-electron chi connectivity index (χ2n) is 7.56. The highest BCUT2D eigenvalue weighted by Gasteiger charge is 2.31. The monoisotopic (exact) mass is 395 g/mol. The zero-order valence-electron chi connectivity index (χ0n) is 16.0. The molecule has 1 aromatic carbocycles. The number of nitrogens with one attached hydrogen (secondary N) is 2. The predicted molar refractivity (Wildman–Crippen MR) is 103 cm³/mol. The van der Waals surface area contributed by atoms with E-state index in [4.69, 9.17) is 9.88 Å². The molecule has 27 heavy (non-hydrogen) atoms. The van der Waals surface area contributed by atoms with Crippen molar-refractivity contribution in [1.82, 2.24) is 10.6 Å². The lowest BCUT2D eigenvalue weighted by atomic mass is 9.99. The van der Waals surface area contributed by atoms with Gasteiger partial charge in [0.2, 0.25) is 10.0 Å². The number of hydrogen-bond acceptors (Lipinski definition) is 5. The summed E-state index contributed by atoms with van der Waals surface area (Å²) < 4.78 is 29.5. The largest absolute Gasteiger partial charge is 0.489 e. The lowest BCUT2D eigenvalue weighted by Crippen LogP contribution is -2.47. The second kappa shape index (κ2) is 8.16. The topological polar surface area (TPSA) is 111 Å². The van der Waals surface area contributed by atoms with Gasteiger partial charge in [0.05, 0.1) is 10.5 Å². The molecular formula is C19H29N3O4S. The summed E-state index contributed by atoms with van der Waals surface area (Å²) in [5.41, 5.74) is 0.962. The number of carbonyl (C=O) groups excluding carboxylic acids is 1. The van der Waals surface area contributed by atoms with Crippen molar-refractivity contribution in [2.24, 2.45) is 5.14 Å². The number of nitrogens with two attached hydrogens (primary N) is 1. The van der Waals surface area contributed by atoms with Crippen LogP contribution in [0.3, 0.4) is 0 Å². The Balaban J connectivity index is 1.89. The van der Waals surface area contributed by atoms with Crippen LogP contribution in [-0.2, 0) is 16.4 Å². The quantitative estimate of drug-likeness (QED) is 0.651. The van der Waals surface area contributed by atoms with Crippen molar-refractivity contribution in [3.63, 3.8) is 0 Å². The summed E-state index contributed by atoms with van der Waals surface area (Å²) in [6.07, 6.45) is 5.53. The summed E-state index contributed by atoms with van der Waals surface area (Å²) in [6, 6.07) is 3.10. The number of carbonyl (C=O) groups is 1. The van der Waals surface area contributed by atoms with E-state index in [2.05, 4.69) is 17.6 Å². The van der Waals surface area contributed by atoms with E-state index in [-0.39, 0.29) is 34.6 Å². The second-order valence-corrected chi connectivity index (χ2v) is 9.12. The highest BCUT2D eigenvalue weighted by molar-refractivity contribution is 7.89. The highest BCUT2D eigenvalue weighted by Crippen LogP contribution is 2.35. The minimum Gasteiger partial charge on any atom is -0.489 e. The van der Waals surface area contributed by atoms with Crippen LogP contribution in [0.5, 0.6) is 5.75 Å². The van der Waals surface area contributed by atoms with Gasteiger partial charge in [0.1, 0.15) is 11.9 Å². The first kappa shape index (κ1) is 20.1. The Morgan fingerprint density at radius 2 is 2.22 bits per heavy atom. The Hall–Kier alpha value is -1.64. The summed E-state index contributed by atoms with van der Waals surface area (Å²) in [5, 5.41) is 11.9. The number of rotatable bonds is 7. The Bertz CT molecular complexity index is 803. The molecule has 3 rings (SSSR count). The number of hydrogen-bond donors (Lipinski definition) is 3. The van der Waals surface area contributed by atoms with Crippen molar-refractivity contribution in [2.45, 2.75) is 75.5 Å². The van der Waals surface area contributed by atoms with Crippen LogP contribution < -0.4 is 20.5 Å². The van der Waals surface area contributed by atoms with E-state index in [1.165, 1.54) is 12.1 Å². The van der Waals surface area contributed by atoms with Gasteiger partial charge in [-0.2, -0.15) is 0 Å². The van der Waals surface area contributed by atoms with Crippen LogP contribution in [0.25, 0.3) is 0 Å². The molecule has 2 aliphatic rings. The molecule has 1 aromatic rings. The van der Waals surface area contributed by atoms with Gasteiger partial charge in [-0.25, -0.2) is 13.6 Å². The smallest absolute Gasteiger partial charge is 0.255 e. The third kappa shape index (κ3) is 4.62. The Morgan fingerprint density at radius 1 is 1.44 bits per heavy atom. The molecule has 3 unspecified atom stereocenters. The van der Waals surface area contributed by atoms with Crippen molar-refractivity contribution < 1.29 is 17.9 Å². The molecule has 0 aromatic heterocycles. The van der Waals surface area contributed by atoms with Gasteiger partial charge in [-0.05, 0) is 50.4 Å². The van der Waals surface area contributed by atoms with E-state index in [1.807, 2.05) is 6.92 Å². The average Bonchev–Trinajstić information content (AvgIpc) is 3.24. The Morgan fingerprint density at radius 3 is 2.85 bits per heavy atom. The number of primary sulfonamides is 1. The number of amides is 1. The van der Waals surface area contributed by atoms with Gasteiger partial charge in [-0.3, -0.25) is 4.79 Å². The fourth-order valence-corrected chi connectivity index (χ4v) is 4.52. The van der Waals surface area contributed by atoms with Crippen molar-refractivity contribution in [2.75, 3.05) is 6.54 Å². The third-order valence-electron chi connectivity index (χ3n) is 5.31. The van der Waals surface area contributed by atoms with Gasteiger partial charge in [-0.1, -0.05) is 19.8 Å². The van der Waals surface area contributed by atoms with Gasteiger partial charge >= 0.3 is 0 Å². The molecule has 0 radical (unpaired) electrons. The van der Waals surface area contributed by atoms with E-state index in [1.54, 1.807) is 0 Å². The van der Waals surface area contributed by atoms with Crippen LogP contribution in [0.15, 0.2) is 17.0 Å². The molecular weight excluding hydrogens is 366 g/mol. The molecule has 0 spiro atoms. The van der Waals surface area contributed by atoms with Gasteiger partial charge in [0, 0.05) is 18.5 Å². The van der Waals surface area contributed by atoms with Gasteiger partial charge in [0.15, 0.2) is 0 Å². The molecule has 4 N–H and O–H groups in total. The normalized spacial score (nSPS) is 22.9. The maximum atomic E-state index is 13.1. The van der Waals surface area contributed by atoms with E-state index >= 15 is 0 Å². The summed E-state index contributed by atoms with van der Waals surface area (Å²) in [5.74, 6) is 0.168. The molecule has 0 bridgehead atoms. The number of ether oxygens (including phenoxy) is 1. The molecule has 2 aliphatic heterocycles. The van der Waals surface area contributed by atoms with Crippen LogP contribution >= 0.6 is 0 Å². The van der Waals surface area contributed by atoms with Crippen LogP contribution in [0, 0.1) is 0 Å². The summed E-state index contributed by atoms with van der Waals surface area (Å²) >= 11 is 0.